The fraction of sp³-hybridized carbons (Fsp3) is 0.267. The van der Waals surface area contributed by atoms with Gasteiger partial charge in [-0.1, -0.05) is 67.6 Å². The van der Waals surface area contributed by atoms with E-state index in [4.69, 9.17) is 23.8 Å². The van der Waals surface area contributed by atoms with E-state index < -0.39 is 17.9 Å². The second kappa shape index (κ2) is 6.81. The number of hydrogen-bond donors (Lipinski definition) is 0. The summed E-state index contributed by atoms with van der Waals surface area (Å²) in [5, 5.41) is 11.8. The van der Waals surface area contributed by atoms with E-state index in [9.17, 15) is 14.7 Å². The highest BCUT2D eigenvalue weighted by molar-refractivity contribution is 8.26. The molecule has 1 amide bonds. The third-order valence-corrected chi connectivity index (χ3v) is 4.84. The summed E-state index contributed by atoms with van der Waals surface area (Å²) in [4.78, 5) is 25.3. The molecule has 0 bridgehead atoms. The Labute approximate surface area is 143 Å². The van der Waals surface area contributed by atoms with E-state index in [-0.39, 0.29) is 10.2 Å². The van der Waals surface area contributed by atoms with Gasteiger partial charge in [-0.25, -0.2) is 0 Å². The Bertz CT molecular complexity index is 673. The van der Waals surface area contributed by atoms with Crippen molar-refractivity contribution in [2.45, 2.75) is 19.9 Å². The first-order valence-corrected chi connectivity index (χ1v) is 8.15. The van der Waals surface area contributed by atoms with Crippen LogP contribution in [0.2, 0.25) is 5.02 Å². The molecule has 1 aromatic carbocycles. The molecule has 116 valence electrons. The largest absolute Gasteiger partial charge is 0.548 e. The van der Waals surface area contributed by atoms with E-state index in [1.165, 1.54) is 0 Å². The summed E-state index contributed by atoms with van der Waals surface area (Å²) in [6, 6.07) is 6.00. The zero-order valence-corrected chi connectivity index (χ0v) is 14.3. The van der Waals surface area contributed by atoms with Crippen molar-refractivity contribution in [3.05, 3.63) is 39.8 Å². The molecule has 2 rings (SSSR count). The van der Waals surface area contributed by atoms with Crippen LogP contribution in [0.15, 0.2) is 29.2 Å². The number of carbonyl (C=O) groups excluding carboxylic acids is 2. The third-order valence-electron chi connectivity index (χ3n) is 3.17. The number of carboxylic acid groups (broad SMARTS) is 1. The number of carbonyl (C=O) groups is 2. The van der Waals surface area contributed by atoms with Crippen molar-refractivity contribution in [3.8, 4) is 0 Å². The topological polar surface area (TPSA) is 60.4 Å². The number of aliphatic carboxylic acids is 1. The van der Waals surface area contributed by atoms with Crippen LogP contribution in [0.5, 0.6) is 0 Å². The van der Waals surface area contributed by atoms with Crippen LogP contribution in [0.1, 0.15) is 19.4 Å². The molecule has 1 fully saturated rings. The Morgan fingerprint density at radius 2 is 2.05 bits per heavy atom. The van der Waals surface area contributed by atoms with Crippen LogP contribution in [0.25, 0.3) is 6.08 Å². The maximum Gasteiger partial charge on any atom is 0.266 e. The van der Waals surface area contributed by atoms with Crippen molar-refractivity contribution in [2.24, 2.45) is 5.92 Å². The first kappa shape index (κ1) is 17.0. The molecule has 1 heterocycles. The SMILES string of the molecule is CC(C)[C@H](C(=O)[O-])N1C(=O)/C(=C/c2ccccc2Cl)SC1=S. The maximum atomic E-state index is 12.5. The lowest BCUT2D eigenvalue weighted by Gasteiger charge is -2.30. The van der Waals surface area contributed by atoms with E-state index in [1.807, 2.05) is 0 Å². The van der Waals surface area contributed by atoms with Gasteiger partial charge in [-0.05, 0) is 23.6 Å². The van der Waals surface area contributed by atoms with Gasteiger partial charge in [-0.2, -0.15) is 0 Å². The number of carboxylic acids is 1. The normalized spacial score (nSPS) is 18.4. The minimum Gasteiger partial charge on any atom is -0.548 e. The number of amides is 1. The minimum absolute atomic E-state index is 0.214. The summed E-state index contributed by atoms with van der Waals surface area (Å²) < 4.78 is 0.214. The fourth-order valence-electron chi connectivity index (χ4n) is 2.13. The van der Waals surface area contributed by atoms with Gasteiger partial charge in [0.25, 0.3) is 5.91 Å². The van der Waals surface area contributed by atoms with E-state index in [1.54, 1.807) is 44.2 Å². The predicted octanol–water partition coefficient (Wildman–Crippen LogP) is 2.32. The molecule has 1 aromatic rings. The first-order chi connectivity index (χ1) is 10.3. The van der Waals surface area contributed by atoms with Gasteiger partial charge in [-0.3, -0.25) is 9.69 Å². The van der Waals surface area contributed by atoms with Crippen LogP contribution < -0.4 is 5.11 Å². The second-order valence-electron chi connectivity index (χ2n) is 5.08. The molecule has 7 heteroatoms. The molecule has 0 aromatic heterocycles. The van der Waals surface area contributed by atoms with Crippen LogP contribution >= 0.6 is 35.6 Å². The molecule has 0 saturated carbocycles. The molecule has 1 aliphatic heterocycles. The molecular formula is C15H13ClNO3S2-. The van der Waals surface area contributed by atoms with Crippen molar-refractivity contribution < 1.29 is 14.7 Å². The van der Waals surface area contributed by atoms with Crippen LogP contribution in [-0.2, 0) is 9.59 Å². The molecule has 1 saturated heterocycles. The van der Waals surface area contributed by atoms with Crippen LogP contribution in [-0.4, -0.2) is 27.1 Å². The van der Waals surface area contributed by atoms with Gasteiger partial charge >= 0.3 is 0 Å². The van der Waals surface area contributed by atoms with E-state index in [0.717, 1.165) is 16.7 Å². The van der Waals surface area contributed by atoms with Crippen LogP contribution in [0.3, 0.4) is 0 Å². The number of thioether (sulfide) groups is 1. The standard InChI is InChI=1S/C15H14ClNO3S2/c1-8(2)12(14(19)20)17-13(18)11(22-15(17)21)7-9-5-3-4-6-10(9)16/h3-8,12H,1-2H3,(H,19,20)/p-1/b11-7-/t12-/m1/s1. The molecule has 22 heavy (non-hydrogen) atoms. The van der Waals surface area contributed by atoms with Crippen molar-refractivity contribution in [1.29, 1.82) is 0 Å². The summed E-state index contributed by atoms with van der Waals surface area (Å²) in [6.07, 6.45) is 1.62. The predicted molar refractivity (Wildman–Crippen MR) is 90.1 cm³/mol. The number of nitrogens with zero attached hydrogens (tertiary/aromatic N) is 1. The van der Waals surface area contributed by atoms with Crippen LogP contribution in [0, 0.1) is 5.92 Å². The highest BCUT2D eigenvalue weighted by Crippen LogP contribution is 2.36. The number of benzene rings is 1. The quantitative estimate of drug-likeness (QED) is 0.613. The van der Waals surface area contributed by atoms with Gasteiger partial charge in [0.15, 0.2) is 0 Å². The lowest BCUT2D eigenvalue weighted by Crippen LogP contribution is -2.52. The Morgan fingerprint density at radius 1 is 1.41 bits per heavy atom. The smallest absolute Gasteiger partial charge is 0.266 e. The molecule has 0 unspecified atom stereocenters. The van der Waals surface area contributed by atoms with Gasteiger partial charge < -0.3 is 9.90 Å². The number of halogens is 1. The lowest BCUT2D eigenvalue weighted by molar-refractivity contribution is -0.311. The summed E-state index contributed by atoms with van der Waals surface area (Å²) in [5.41, 5.74) is 0.680. The summed E-state index contributed by atoms with van der Waals surface area (Å²) in [5.74, 6) is -2.06. The maximum absolute atomic E-state index is 12.5. The average Bonchev–Trinajstić information content (AvgIpc) is 2.69. The molecule has 0 N–H and O–H groups in total. The Morgan fingerprint density at radius 3 is 2.59 bits per heavy atom. The van der Waals surface area contributed by atoms with Gasteiger partial charge in [0, 0.05) is 5.02 Å². The molecular weight excluding hydrogens is 342 g/mol. The highest BCUT2D eigenvalue weighted by atomic mass is 35.5. The molecule has 0 spiro atoms. The minimum atomic E-state index is -1.31. The highest BCUT2D eigenvalue weighted by Gasteiger charge is 2.39. The Kier molecular flexibility index (Phi) is 5.26. The van der Waals surface area contributed by atoms with Gasteiger partial charge in [0.05, 0.1) is 16.9 Å². The molecule has 4 nitrogen and oxygen atoms in total. The van der Waals surface area contributed by atoms with Crippen molar-refractivity contribution in [2.75, 3.05) is 0 Å². The van der Waals surface area contributed by atoms with Crippen LogP contribution in [0.4, 0.5) is 0 Å². The summed E-state index contributed by atoms with van der Waals surface area (Å²) in [7, 11) is 0. The number of hydrogen-bond acceptors (Lipinski definition) is 5. The van der Waals surface area contributed by atoms with Gasteiger partial charge in [-0.15, -0.1) is 0 Å². The molecule has 1 aliphatic rings. The molecule has 0 radical (unpaired) electrons. The van der Waals surface area contributed by atoms with Crippen molar-refractivity contribution >= 4 is 57.9 Å². The van der Waals surface area contributed by atoms with Crippen molar-refractivity contribution in [3.63, 3.8) is 0 Å². The van der Waals surface area contributed by atoms with E-state index >= 15 is 0 Å². The summed E-state index contributed by atoms with van der Waals surface area (Å²) >= 11 is 12.3. The second-order valence-corrected chi connectivity index (χ2v) is 7.16. The van der Waals surface area contributed by atoms with Gasteiger partial charge in [0.1, 0.15) is 4.32 Å². The lowest BCUT2D eigenvalue weighted by atomic mass is 10.0. The number of rotatable bonds is 4. The Balaban J connectivity index is 2.37. The first-order valence-electron chi connectivity index (χ1n) is 6.55. The molecule has 0 aliphatic carbocycles. The summed E-state index contributed by atoms with van der Waals surface area (Å²) in [6.45, 7) is 3.41. The Hall–Kier alpha value is -1.37. The zero-order chi connectivity index (χ0) is 16.4. The fourth-order valence-corrected chi connectivity index (χ4v) is 3.64. The van der Waals surface area contributed by atoms with Crippen molar-refractivity contribution in [1.82, 2.24) is 4.90 Å². The average molecular weight is 355 g/mol. The van der Waals surface area contributed by atoms with E-state index in [2.05, 4.69) is 0 Å². The number of thiocarbonyl (C=S) groups is 1. The third kappa shape index (κ3) is 3.34. The zero-order valence-electron chi connectivity index (χ0n) is 11.9. The monoisotopic (exact) mass is 354 g/mol. The van der Waals surface area contributed by atoms with Gasteiger partial charge in [0.2, 0.25) is 0 Å². The molecule has 1 atom stereocenters. The van der Waals surface area contributed by atoms with E-state index in [0.29, 0.717) is 15.5 Å².